The Hall–Kier alpha value is -1.81. The zero-order chi connectivity index (χ0) is 12.1. The van der Waals surface area contributed by atoms with Gasteiger partial charge in [0.1, 0.15) is 5.75 Å². The minimum Gasteiger partial charge on any atom is -0.497 e. The number of methoxy groups -OCH3 is 1. The molecule has 2 aromatic rings. The smallest absolute Gasteiger partial charge is 0.118 e. The molecule has 2 rings (SSSR count). The van der Waals surface area contributed by atoms with E-state index in [2.05, 4.69) is 21.7 Å². The van der Waals surface area contributed by atoms with Crippen LogP contribution in [0.25, 0.3) is 0 Å². The van der Waals surface area contributed by atoms with Gasteiger partial charge in [0.15, 0.2) is 0 Å². The molecule has 0 amide bonds. The molecule has 4 nitrogen and oxygen atoms in total. The molecule has 4 heteroatoms. The van der Waals surface area contributed by atoms with Gasteiger partial charge in [0.05, 0.1) is 19.1 Å². The van der Waals surface area contributed by atoms with E-state index in [0.717, 1.165) is 24.4 Å². The number of ether oxygens (including phenoxy) is 1. The summed E-state index contributed by atoms with van der Waals surface area (Å²) in [7, 11) is 1.67. The number of imidazole rings is 1. The zero-order valence-electron chi connectivity index (χ0n) is 9.97. The van der Waals surface area contributed by atoms with E-state index in [0.29, 0.717) is 6.54 Å². The lowest BCUT2D eigenvalue weighted by Gasteiger charge is -2.07. The Kier molecular flexibility index (Phi) is 3.77. The standard InChI is InChI=1S/C13H17N3O/c1-17-13-4-2-11(3-5-13)6-7-16-10-15-9-12(16)8-14/h2-5,9-10H,6-8,14H2,1H3. The molecule has 0 spiro atoms. The van der Waals surface area contributed by atoms with Crippen molar-refractivity contribution < 1.29 is 4.74 Å². The van der Waals surface area contributed by atoms with Crippen LogP contribution in [0.5, 0.6) is 5.75 Å². The topological polar surface area (TPSA) is 53.1 Å². The second-order valence-corrected chi connectivity index (χ2v) is 3.88. The Morgan fingerprint density at radius 1 is 1.29 bits per heavy atom. The predicted octanol–water partition coefficient (Wildman–Crippen LogP) is 1.59. The molecule has 0 aliphatic carbocycles. The number of benzene rings is 1. The molecular weight excluding hydrogens is 214 g/mol. The molecule has 0 aliphatic rings. The summed E-state index contributed by atoms with van der Waals surface area (Å²) in [6.07, 6.45) is 4.60. The Morgan fingerprint density at radius 3 is 2.71 bits per heavy atom. The summed E-state index contributed by atoms with van der Waals surface area (Å²) in [5.74, 6) is 0.888. The van der Waals surface area contributed by atoms with Gasteiger partial charge in [-0.25, -0.2) is 4.98 Å². The maximum Gasteiger partial charge on any atom is 0.118 e. The normalized spacial score (nSPS) is 10.5. The van der Waals surface area contributed by atoms with E-state index < -0.39 is 0 Å². The average molecular weight is 231 g/mol. The van der Waals surface area contributed by atoms with Gasteiger partial charge in [0, 0.05) is 19.3 Å². The summed E-state index contributed by atoms with van der Waals surface area (Å²) in [5.41, 5.74) is 7.97. The van der Waals surface area contributed by atoms with E-state index in [9.17, 15) is 0 Å². The maximum atomic E-state index is 5.62. The number of nitrogens with zero attached hydrogens (tertiary/aromatic N) is 2. The highest BCUT2D eigenvalue weighted by atomic mass is 16.5. The van der Waals surface area contributed by atoms with Crippen LogP contribution in [0.3, 0.4) is 0 Å². The molecular formula is C13H17N3O. The predicted molar refractivity (Wildman–Crippen MR) is 66.8 cm³/mol. The van der Waals surface area contributed by atoms with Crippen molar-refractivity contribution in [3.8, 4) is 5.75 Å². The monoisotopic (exact) mass is 231 g/mol. The Bertz CT molecular complexity index is 462. The van der Waals surface area contributed by atoms with Gasteiger partial charge in [0.25, 0.3) is 0 Å². The highest BCUT2D eigenvalue weighted by Gasteiger charge is 2.00. The van der Waals surface area contributed by atoms with E-state index in [-0.39, 0.29) is 0 Å². The van der Waals surface area contributed by atoms with Gasteiger partial charge >= 0.3 is 0 Å². The minimum atomic E-state index is 0.530. The lowest BCUT2D eigenvalue weighted by Crippen LogP contribution is -2.08. The fourth-order valence-electron chi connectivity index (χ4n) is 1.76. The van der Waals surface area contributed by atoms with Crippen LogP contribution >= 0.6 is 0 Å². The van der Waals surface area contributed by atoms with Gasteiger partial charge in [0.2, 0.25) is 0 Å². The molecule has 0 fully saturated rings. The number of rotatable bonds is 5. The lowest BCUT2D eigenvalue weighted by molar-refractivity contribution is 0.414. The van der Waals surface area contributed by atoms with Crippen molar-refractivity contribution in [2.45, 2.75) is 19.5 Å². The first-order chi connectivity index (χ1) is 8.33. The molecule has 0 unspecified atom stereocenters. The van der Waals surface area contributed by atoms with Crippen LogP contribution in [0.15, 0.2) is 36.8 Å². The van der Waals surface area contributed by atoms with Crippen molar-refractivity contribution in [2.24, 2.45) is 5.73 Å². The molecule has 17 heavy (non-hydrogen) atoms. The number of nitrogens with two attached hydrogens (primary N) is 1. The molecule has 1 aromatic heterocycles. The van der Waals surface area contributed by atoms with E-state index in [4.69, 9.17) is 10.5 Å². The molecule has 0 saturated heterocycles. The minimum absolute atomic E-state index is 0.530. The summed E-state index contributed by atoms with van der Waals surface area (Å²) < 4.78 is 7.21. The average Bonchev–Trinajstić information content (AvgIpc) is 2.84. The summed E-state index contributed by atoms with van der Waals surface area (Å²) in [6, 6.07) is 8.12. The maximum absolute atomic E-state index is 5.62. The van der Waals surface area contributed by atoms with E-state index in [1.807, 2.05) is 24.7 Å². The van der Waals surface area contributed by atoms with Gasteiger partial charge in [-0.1, -0.05) is 12.1 Å². The Labute approximate surface area is 101 Å². The number of hydrogen-bond donors (Lipinski definition) is 1. The SMILES string of the molecule is COc1ccc(CCn2cncc2CN)cc1. The Morgan fingerprint density at radius 2 is 2.06 bits per heavy atom. The van der Waals surface area contributed by atoms with Crippen LogP contribution in [-0.4, -0.2) is 16.7 Å². The van der Waals surface area contributed by atoms with Crippen molar-refractivity contribution in [1.29, 1.82) is 0 Å². The number of hydrogen-bond acceptors (Lipinski definition) is 3. The molecule has 0 atom stereocenters. The highest BCUT2D eigenvalue weighted by molar-refractivity contribution is 5.27. The van der Waals surface area contributed by atoms with Gasteiger partial charge in [-0.2, -0.15) is 0 Å². The first-order valence-electron chi connectivity index (χ1n) is 5.65. The van der Waals surface area contributed by atoms with Crippen LogP contribution in [-0.2, 0) is 19.5 Å². The van der Waals surface area contributed by atoms with Gasteiger partial charge in [-0.15, -0.1) is 0 Å². The van der Waals surface area contributed by atoms with Crippen LogP contribution in [0.1, 0.15) is 11.3 Å². The third kappa shape index (κ3) is 2.85. The molecule has 0 radical (unpaired) electrons. The highest BCUT2D eigenvalue weighted by Crippen LogP contribution is 2.12. The van der Waals surface area contributed by atoms with Crippen LogP contribution in [0.2, 0.25) is 0 Å². The lowest BCUT2D eigenvalue weighted by atomic mass is 10.1. The first-order valence-corrected chi connectivity index (χ1v) is 5.65. The van der Waals surface area contributed by atoms with Gasteiger partial charge in [-0.05, 0) is 24.1 Å². The molecule has 1 heterocycles. The summed E-state index contributed by atoms with van der Waals surface area (Å²) in [5, 5.41) is 0. The second-order valence-electron chi connectivity index (χ2n) is 3.88. The third-order valence-electron chi connectivity index (χ3n) is 2.81. The third-order valence-corrected chi connectivity index (χ3v) is 2.81. The van der Waals surface area contributed by atoms with Gasteiger partial charge < -0.3 is 15.0 Å². The van der Waals surface area contributed by atoms with Crippen LogP contribution < -0.4 is 10.5 Å². The first kappa shape index (κ1) is 11.7. The van der Waals surface area contributed by atoms with E-state index in [1.54, 1.807) is 7.11 Å². The molecule has 90 valence electrons. The summed E-state index contributed by atoms with van der Waals surface area (Å²) >= 11 is 0. The van der Waals surface area contributed by atoms with E-state index >= 15 is 0 Å². The largest absolute Gasteiger partial charge is 0.497 e. The molecule has 2 N–H and O–H groups in total. The van der Waals surface area contributed by atoms with Gasteiger partial charge in [-0.3, -0.25) is 0 Å². The molecule has 0 aliphatic heterocycles. The number of aryl methyl sites for hydroxylation is 2. The molecule has 0 saturated carbocycles. The van der Waals surface area contributed by atoms with Crippen molar-refractivity contribution >= 4 is 0 Å². The molecule has 1 aromatic carbocycles. The quantitative estimate of drug-likeness (QED) is 0.850. The van der Waals surface area contributed by atoms with Crippen molar-refractivity contribution in [1.82, 2.24) is 9.55 Å². The van der Waals surface area contributed by atoms with Crippen LogP contribution in [0.4, 0.5) is 0 Å². The van der Waals surface area contributed by atoms with Crippen molar-refractivity contribution in [3.05, 3.63) is 48.0 Å². The number of aromatic nitrogens is 2. The van der Waals surface area contributed by atoms with E-state index in [1.165, 1.54) is 5.56 Å². The zero-order valence-corrected chi connectivity index (χ0v) is 9.97. The summed E-state index contributed by atoms with van der Waals surface area (Å²) in [6.45, 7) is 1.43. The Balaban J connectivity index is 1.97. The van der Waals surface area contributed by atoms with Crippen LogP contribution in [0, 0.1) is 0 Å². The summed E-state index contributed by atoms with van der Waals surface area (Å²) in [4.78, 5) is 4.10. The molecule has 0 bridgehead atoms. The second kappa shape index (κ2) is 5.50. The van der Waals surface area contributed by atoms with Crippen molar-refractivity contribution in [2.75, 3.05) is 7.11 Å². The fraction of sp³-hybridized carbons (Fsp3) is 0.308. The van der Waals surface area contributed by atoms with Crippen molar-refractivity contribution in [3.63, 3.8) is 0 Å². The fourth-order valence-corrected chi connectivity index (χ4v) is 1.76.